The van der Waals surface area contributed by atoms with Gasteiger partial charge in [0, 0.05) is 7.11 Å². The standard InChI is InChI=1S/C17H17FO/c1-19-17(14-8-3-2-4-9-14)15-10-6-5-7-13(15)11-12-16(17)18/h2-10,16H,11-12H2,1H3/t16-,17+/m0/s1. The van der Waals surface area contributed by atoms with Gasteiger partial charge in [-0.25, -0.2) is 4.39 Å². The molecule has 1 aliphatic rings. The van der Waals surface area contributed by atoms with Crippen LogP contribution in [-0.4, -0.2) is 13.3 Å². The molecule has 0 unspecified atom stereocenters. The van der Waals surface area contributed by atoms with Crippen LogP contribution in [0.25, 0.3) is 0 Å². The quantitative estimate of drug-likeness (QED) is 0.792. The molecule has 1 nitrogen and oxygen atoms in total. The monoisotopic (exact) mass is 256 g/mol. The van der Waals surface area contributed by atoms with Crippen molar-refractivity contribution >= 4 is 0 Å². The second kappa shape index (κ2) is 4.78. The summed E-state index contributed by atoms with van der Waals surface area (Å²) in [7, 11) is 1.60. The van der Waals surface area contributed by atoms with Crippen molar-refractivity contribution in [3.63, 3.8) is 0 Å². The van der Waals surface area contributed by atoms with Crippen LogP contribution in [0.5, 0.6) is 0 Å². The summed E-state index contributed by atoms with van der Waals surface area (Å²) >= 11 is 0. The third kappa shape index (κ3) is 1.79. The van der Waals surface area contributed by atoms with Gasteiger partial charge in [0.2, 0.25) is 0 Å². The third-order valence-electron chi connectivity index (χ3n) is 4.05. The highest BCUT2D eigenvalue weighted by atomic mass is 19.1. The normalized spacial score (nSPS) is 25.9. The maximum Gasteiger partial charge on any atom is 0.149 e. The van der Waals surface area contributed by atoms with Gasteiger partial charge in [-0.2, -0.15) is 0 Å². The Morgan fingerprint density at radius 2 is 1.74 bits per heavy atom. The van der Waals surface area contributed by atoms with Crippen molar-refractivity contribution in [2.45, 2.75) is 24.6 Å². The second-order valence-corrected chi connectivity index (χ2v) is 4.97. The first-order chi connectivity index (χ1) is 9.29. The minimum absolute atomic E-state index is 0.500. The minimum atomic E-state index is -1.02. The Balaban J connectivity index is 2.25. The lowest BCUT2D eigenvalue weighted by molar-refractivity contribution is -0.0527. The van der Waals surface area contributed by atoms with Crippen LogP contribution in [0.15, 0.2) is 54.6 Å². The molecule has 1 aliphatic carbocycles. The van der Waals surface area contributed by atoms with Gasteiger partial charge in [0.15, 0.2) is 0 Å². The molecule has 0 bridgehead atoms. The fourth-order valence-corrected chi connectivity index (χ4v) is 3.13. The third-order valence-corrected chi connectivity index (χ3v) is 4.05. The summed E-state index contributed by atoms with van der Waals surface area (Å²) in [6.07, 6.45) is 0.254. The van der Waals surface area contributed by atoms with Gasteiger partial charge in [-0.15, -0.1) is 0 Å². The SMILES string of the molecule is CO[C@]1(c2ccccc2)c2ccccc2CC[C@@H]1F. The highest BCUT2D eigenvalue weighted by molar-refractivity contribution is 5.45. The summed E-state index contributed by atoms with van der Waals surface area (Å²) in [6, 6.07) is 17.7. The van der Waals surface area contributed by atoms with E-state index in [1.807, 2.05) is 48.5 Å². The van der Waals surface area contributed by atoms with Crippen LogP contribution in [0.1, 0.15) is 23.1 Å². The van der Waals surface area contributed by atoms with Crippen LogP contribution in [0, 0.1) is 0 Å². The molecule has 3 rings (SSSR count). The molecule has 0 spiro atoms. The van der Waals surface area contributed by atoms with Crippen molar-refractivity contribution in [1.29, 1.82) is 0 Å². The van der Waals surface area contributed by atoms with Crippen LogP contribution < -0.4 is 0 Å². The van der Waals surface area contributed by atoms with Gasteiger partial charge in [0.05, 0.1) is 0 Å². The zero-order valence-corrected chi connectivity index (χ0v) is 11.0. The predicted molar refractivity (Wildman–Crippen MR) is 73.9 cm³/mol. The number of ether oxygens (including phenoxy) is 1. The number of rotatable bonds is 2. The number of aryl methyl sites for hydroxylation is 1. The van der Waals surface area contributed by atoms with Gasteiger partial charge in [0.1, 0.15) is 11.8 Å². The summed E-state index contributed by atoms with van der Waals surface area (Å²) < 4.78 is 20.5. The Labute approximate surface area is 113 Å². The molecule has 0 heterocycles. The second-order valence-electron chi connectivity index (χ2n) is 4.97. The van der Waals surface area contributed by atoms with Crippen molar-refractivity contribution < 1.29 is 9.13 Å². The smallest absolute Gasteiger partial charge is 0.149 e. The van der Waals surface area contributed by atoms with E-state index < -0.39 is 11.8 Å². The number of hydrogen-bond acceptors (Lipinski definition) is 1. The minimum Gasteiger partial charge on any atom is -0.366 e. The summed E-state index contributed by atoms with van der Waals surface area (Å²) in [5, 5.41) is 0. The van der Waals surface area contributed by atoms with Crippen LogP contribution in [0.3, 0.4) is 0 Å². The van der Waals surface area contributed by atoms with E-state index in [2.05, 4.69) is 6.07 Å². The fraction of sp³-hybridized carbons (Fsp3) is 0.294. The summed E-state index contributed by atoms with van der Waals surface area (Å²) in [5.74, 6) is 0. The van der Waals surface area contributed by atoms with E-state index in [1.54, 1.807) is 7.11 Å². The fourth-order valence-electron chi connectivity index (χ4n) is 3.13. The summed E-state index contributed by atoms with van der Waals surface area (Å²) in [5.41, 5.74) is 2.07. The van der Waals surface area contributed by atoms with Crippen molar-refractivity contribution in [3.8, 4) is 0 Å². The molecular weight excluding hydrogens is 239 g/mol. The zero-order chi connectivity index (χ0) is 13.3. The number of alkyl halides is 1. The van der Waals surface area contributed by atoms with E-state index in [9.17, 15) is 4.39 Å². The molecule has 0 aromatic heterocycles. The lowest BCUT2D eigenvalue weighted by Gasteiger charge is -2.41. The first-order valence-electron chi connectivity index (χ1n) is 6.62. The van der Waals surface area contributed by atoms with Crippen LogP contribution >= 0.6 is 0 Å². The predicted octanol–water partition coefficient (Wildman–Crippen LogP) is 3.86. The Bertz CT molecular complexity index is 566. The average molecular weight is 256 g/mol. The molecular formula is C17H17FO. The van der Waals surface area contributed by atoms with E-state index in [0.717, 1.165) is 17.5 Å². The Kier molecular flexibility index (Phi) is 3.11. The molecule has 0 amide bonds. The molecule has 2 atom stereocenters. The topological polar surface area (TPSA) is 9.23 Å². The largest absolute Gasteiger partial charge is 0.366 e. The molecule has 98 valence electrons. The maximum atomic E-state index is 14.7. The van der Waals surface area contributed by atoms with Gasteiger partial charge in [-0.3, -0.25) is 0 Å². The lowest BCUT2D eigenvalue weighted by atomic mass is 9.73. The van der Waals surface area contributed by atoms with Gasteiger partial charge in [0.25, 0.3) is 0 Å². The number of halogens is 1. The highest BCUT2D eigenvalue weighted by Gasteiger charge is 2.46. The molecule has 0 aliphatic heterocycles. The van der Waals surface area contributed by atoms with Crippen molar-refractivity contribution in [3.05, 3.63) is 71.3 Å². The molecule has 0 saturated carbocycles. The van der Waals surface area contributed by atoms with Crippen LogP contribution in [0.2, 0.25) is 0 Å². The molecule has 2 aromatic carbocycles. The number of methoxy groups -OCH3 is 1. The molecule has 2 aromatic rings. The first-order valence-corrected chi connectivity index (χ1v) is 6.62. The highest BCUT2D eigenvalue weighted by Crippen LogP contribution is 2.44. The van der Waals surface area contributed by atoms with Gasteiger partial charge >= 0.3 is 0 Å². The van der Waals surface area contributed by atoms with Crippen molar-refractivity contribution in [2.24, 2.45) is 0 Å². The number of fused-ring (bicyclic) bond motifs is 1. The van der Waals surface area contributed by atoms with Crippen molar-refractivity contribution in [2.75, 3.05) is 7.11 Å². The average Bonchev–Trinajstić information content (AvgIpc) is 2.48. The van der Waals surface area contributed by atoms with E-state index >= 15 is 0 Å². The van der Waals surface area contributed by atoms with E-state index in [1.165, 1.54) is 5.56 Å². The van der Waals surface area contributed by atoms with E-state index in [-0.39, 0.29) is 0 Å². The van der Waals surface area contributed by atoms with Gasteiger partial charge in [-0.05, 0) is 29.5 Å². The molecule has 0 N–H and O–H groups in total. The summed E-state index contributed by atoms with van der Waals surface area (Å²) in [6.45, 7) is 0. The Hall–Kier alpha value is -1.67. The maximum absolute atomic E-state index is 14.7. The van der Waals surface area contributed by atoms with Gasteiger partial charge in [-0.1, -0.05) is 54.6 Å². The Morgan fingerprint density at radius 3 is 2.47 bits per heavy atom. The molecule has 0 radical (unpaired) electrons. The lowest BCUT2D eigenvalue weighted by Crippen LogP contribution is -2.43. The molecule has 19 heavy (non-hydrogen) atoms. The van der Waals surface area contributed by atoms with Crippen molar-refractivity contribution in [1.82, 2.24) is 0 Å². The zero-order valence-electron chi connectivity index (χ0n) is 11.0. The number of benzene rings is 2. The number of hydrogen-bond donors (Lipinski definition) is 0. The molecule has 0 fully saturated rings. The van der Waals surface area contributed by atoms with E-state index in [0.29, 0.717) is 6.42 Å². The molecule has 0 saturated heterocycles. The van der Waals surface area contributed by atoms with E-state index in [4.69, 9.17) is 4.74 Å². The van der Waals surface area contributed by atoms with Crippen LogP contribution in [-0.2, 0) is 16.8 Å². The first kappa shape index (κ1) is 12.4. The Morgan fingerprint density at radius 1 is 1.05 bits per heavy atom. The molecule has 2 heteroatoms. The summed E-state index contributed by atoms with van der Waals surface area (Å²) in [4.78, 5) is 0. The van der Waals surface area contributed by atoms with Gasteiger partial charge < -0.3 is 4.74 Å². The van der Waals surface area contributed by atoms with Crippen LogP contribution in [0.4, 0.5) is 4.39 Å².